The summed E-state index contributed by atoms with van der Waals surface area (Å²) in [4.78, 5) is 4.70. The Bertz CT molecular complexity index is 895. The molecule has 0 aliphatic heterocycles. The van der Waals surface area contributed by atoms with Crippen LogP contribution in [0, 0.1) is 0 Å². The lowest BCUT2D eigenvalue weighted by Crippen LogP contribution is -1.96. The van der Waals surface area contributed by atoms with Gasteiger partial charge < -0.3 is 14.2 Å². The Kier molecular flexibility index (Phi) is 6.10. The van der Waals surface area contributed by atoms with E-state index in [0.29, 0.717) is 17.2 Å². The van der Waals surface area contributed by atoms with E-state index in [1.54, 1.807) is 21.3 Å². The molecule has 0 fully saturated rings. The molecule has 0 atom stereocenters. The summed E-state index contributed by atoms with van der Waals surface area (Å²) in [6.45, 7) is 0. The lowest BCUT2D eigenvalue weighted by molar-refractivity contribution is 0.324. The molecule has 0 bridgehead atoms. The summed E-state index contributed by atoms with van der Waals surface area (Å²) >= 11 is 0. The average Bonchev–Trinajstić information content (AvgIpc) is 2.73. The lowest BCUT2D eigenvalue weighted by Gasteiger charge is -2.12. The molecule has 4 nitrogen and oxygen atoms in total. The maximum absolute atomic E-state index is 5.41. The Morgan fingerprint density at radius 1 is 0.778 bits per heavy atom. The maximum atomic E-state index is 5.41. The van der Waals surface area contributed by atoms with E-state index in [2.05, 4.69) is 30.3 Å². The Morgan fingerprint density at radius 3 is 2.04 bits per heavy atom. The molecular weight excluding hydrogens is 338 g/mol. The molecule has 3 rings (SSSR count). The van der Waals surface area contributed by atoms with Crippen molar-refractivity contribution in [2.24, 2.45) is 4.99 Å². The third-order valence-electron chi connectivity index (χ3n) is 4.27. The van der Waals surface area contributed by atoms with Crippen molar-refractivity contribution >= 4 is 11.9 Å². The van der Waals surface area contributed by atoms with Crippen molar-refractivity contribution in [2.75, 3.05) is 21.3 Å². The Hall–Kier alpha value is -3.27. The van der Waals surface area contributed by atoms with Gasteiger partial charge in [-0.25, -0.2) is 0 Å². The molecule has 0 aliphatic carbocycles. The summed E-state index contributed by atoms with van der Waals surface area (Å²) < 4.78 is 16.2. The molecule has 0 saturated carbocycles. The predicted octanol–water partition coefficient (Wildman–Crippen LogP) is 5.05. The van der Waals surface area contributed by atoms with Crippen molar-refractivity contribution in [3.8, 4) is 17.2 Å². The van der Waals surface area contributed by atoms with Crippen LogP contribution in [0.5, 0.6) is 17.2 Å². The van der Waals surface area contributed by atoms with E-state index in [4.69, 9.17) is 19.2 Å². The van der Waals surface area contributed by atoms with Gasteiger partial charge in [0.1, 0.15) is 0 Å². The molecule has 0 unspecified atom stereocenters. The highest BCUT2D eigenvalue weighted by molar-refractivity contribution is 5.84. The number of ether oxygens (including phenoxy) is 3. The standard InChI is InChI=1S/C23H23NO3/c1-25-21-14-18(15-22(26-2)23(21)27-3)16-24-20-12-8-7-11-19(20)13-17-9-5-4-6-10-17/h4-12,14-16H,13H2,1-3H3. The first-order valence-corrected chi connectivity index (χ1v) is 8.71. The van der Waals surface area contributed by atoms with E-state index in [-0.39, 0.29) is 0 Å². The highest BCUT2D eigenvalue weighted by atomic mass is 16.5. The number of hydrogen-bond acceptors (Lipinski definition) is 4. The van der Waals surface area contributed by atoms with Crippen LogP contribution in [0.15, 0.2) is 71.7 Å². The minimum atomic E-state index is 0.571. The molecule has 138 valence electrons. The summed E-state index contributed by atoms with van der Waals surface area (Å²) in [5, 5.41) is 0. The quantitative estimate of drug-likeness (QED) is 0.553. The second-order valence-corrected chi connectivity index (χ2v) is 6.01. The highest BCUT2D eigenvalue weighted by Gasteiger charge is 2.12. The summed E-state index contributed by atoms with van der Waals surface area (Å²) in [6.07, 6.45) is 2.65. The zero-order chi connectivity index (χ0) is 19.1. The van der Waals surface area contributed by atoms with Crippen LogP contribution in [0.3, 0.4) is 0 Å². The van der Waals surface area contributed by atoms with Crippen LogP contribution in [0.1, 0.15) is 16.7 Å². The summed E-state index contributed by atoms with van der Waals surface area (Å²) in [6, 6.07) is 22.3. The number of aliphatic imine (C=N–C) groups is 1. The van der Waals surface area contributed by atoms with E-state index < -0.39 is 0 Å². The SMILES string of the molecule is COc1cc(C=Nc2ccccc2Cc2ccccc2)cc(OC)c1OC. The van der Waals surface area contributed by atoms with Gasteiger partial charge in [0.05, 0.1) is 27.0 Å². The van der Waals surface area contributed by atoms with E-state index >= 15 is 0 Å². The van der Waals surface area contributed by atoms with Crippen LogP contribution in [-0.4, -0.2) is 27.5 Å². The number of methoxy groups -OCH3 is 3. The van der Waals surface area contributed by atoms with E-state index in [9.17, 15) is 0 Å². The van der Waals surface area contributed by atoms with Gasteiger partial charge in [0, 0.05) is 11.8 Å². The minimum absolute atomic E-state index is 0.571. The molecule has 0 heterocycles. The fourth-order valence-electron chi connectivity index (χ4n) is 2.92. The molecule has 0 amide bonds. The first-order valence-electron chi connectivity index (χ1n) is 8.71. The van der Waals surface area contributed by atoms with Gasteiger partial charge in [-0.2, -0.15) is 0 Å². The minimum Gasteiger partial charge on any atom is -0.493 e. The molecule has 0 radical (unpaired) electrons. The van der Waals surface area contributed by atoms with Gasteiger partial charge in [-0.1, -0.05) is 48.5 Å². The molecule has 0 saturated heterocycles. The van der Waals surface area contributed by atoms with Gasteiger partial charge in [-0.3, -0.25) is 4.99 Å². The predicted molar refractivity (Wildman–Crippen MR) is 109 cm³/mol. The third-order valence-corrected chi connectivity index (χ3v) is 4.27. The highest BCUT2D eigenvalue weighted by Crippen LogP contribution is 2.38. The fraction of sp³-hybridized carbons (Fsp3) is 0.174. The Morgan fingerprint density at radius 2 is 1.41 bits per heavy atom. The molecular formula is C23H23NO3. The van der Waals surface area contributed by atoms with E-state index in [1.807, 2.05) is 42.6 Å². The number of hydrogen-bond donors (Lipinski definition) is 0. The molecule has 27 heavy (non-hydrogen) atoms. The summed E-state index contributed by atoms with van der Waals surface area (Å²) in [7, 11) is 4.80. The summed E-state index contributed by atoms with van der Waals surface area (Å²) in [5.74, 6) is 1.79. The molecule has 0 spiro atoms. The molecule has 0 aliphatic rings. The second kappa shape index (κ2) is 8.90. The van der Waals surface area contributed by atoms with Crippen molar-refractivity contribution in [3.63, 3.8) is 0 Å². The number of para-hydroxylation sites is 1. The molecule has 4 heteroatoms. The van der Waals surface area contributed by atoms with Crippen molar-refractivity contribution in [2.45, 2.75) is 6.42 Å². The lowest BCUT2D eigenvalue weighted by atomic mass is 10.0. The number of benzene rings is 3. The van der Waals surface area contributed by atoms with Crippen molar-refractivity contribution in [1.82, 2.24) is 0 Å². The summed E-state index contributed by atoms with van der Waals surface area (Å²) in [5.41, 5.74) is 4.24. The van der Waals surface area contributed by atoms with Crippen LogP contribution in [0.4, 0.5) is 5.69 Å². The normalized spacial score (nSPS) is 10.8. The molecule has 0 aromatic heterocycles. The van der Waals surface area contributed by atoms with Gasteiger partial charge in [-0.15, -0.1) is 0 Å². The smallest absolute Gasteiger partial charge is 0.203 e. The van der Waals surface area contributed by atoms with Crippen molar-refractivity contribution < 1.29 is 14.2 Å². The Labute approximate surface area is 160 Å². The third kappa shape index (κ3) is 4.47. The zero-order valence-electron chi connectivity index (χ0n) is 15.8. The van der Waals surface area contributed by atoms with Gasteiger partial charge in [0.2, 0.25) is 5.75 Å². The largest absolute Gasteiger partial charge is 0.493 e. The van der Waals surface area contributed by atoms with Gasteiger partial charge in [0.25, 0.3) is 0 Å². The van der Waals surface area contributed by atoms with E-state index in [0.717, 1.165) is 17.7 Å². The molecule has 3 aromatic carbocycles. The molecule has 0 N–H and O–H groups in total. The fourth-order valence-corrected chi connectivity index (χ4v) is 2.92. The van der Waals surface area contributed by atoms with Gasteiger partial charge in [-0.05, 0) is 35.7 Å². The van der Waals surface area contributed by atoms with Crippen LogP contribution in [0.2, 0.25) is 0 Å². The monoisotopic (exact) mass is 361 g/mol. The molecule has 3 aromatic rings. The first kappa shape index (κ1) is 18.5. The second-order valence-electron chi connectivity index (χ2n) is 6.01. The Balaban J connectivity index is 1.91. The van der Waals surface area contributed by atoms with E-state index in [1.165, 1.54) is 11.1 Å². The van der Waals surface area contributed by atoms with Crippen LogP contribution < -0.4 is 14.2 Å². The average molecular weight is 361 g/mol. The first-order chi connectivity index (χ1) is 13.2. The van der Waals surface area contributed by atoms with Crippen molar-refractivity contribution in [3.05, 3.63) is 83.4 Å². The van der Waals surface area contributed by atoms with Crippen LogP contribution in [-0.2, 0) is 6.42 Å². The van der Waals surface area contributed by atoms with Crippen LogP contribution >= 0.6 is 0 Å². The topological polar surface area (TPSA) is 40.0 Å². The van der Waals surface area contributed by atoms with Gasteiger partial charge >= 0.3 is 0 Å². The van der Waals surface area contributed by atoms with Gasteiger partial charge in [0.15, 0.2) is 11.5 Å². The number of nitrogens with zero attached hydrogens (tertiary/aromatic N) is 1. The van der Waals surface area contributed by atoms with Crippen LogP contribution in [0.25, 0.3) is 0 Å². The maximum Gasteiger partial charge on any atom is 0.203 e. The van der Waals surface area contributed by atoms with Crippen molar-refractivity contribution in [1.29, 1.82) is 0 Å². The number of rotatable bonds is 7. The zero-order valence-corrected chi connectivity index (χ0v) is 15.8.